The van der Waals surface area contributed by atoms with Crippen molar-refractivity contribution < 1.29 is 28.6 Å². The molecule has 4 N–H and O–H groups in total. The Kier molecular flexibility index (Phi) is 2.67. The Morgan fingerprint density at radius 2 is 2.42 bits per heavy atom. The Balaban J connectivity index is 2.64. The van der Waals surface area contributed by atoms with Gasteiger partial charge in [0.05, 0.1) is 4.11 Å². The molecule has 0 spiro atoms. The van der Waals surface area contributed by atoms with Crippen molar-refractivity contribution in [3.8, 4) is 0 Å². The molecular formula is C10H13FN2O5S. The molecule has 1 aromatic heterocycles. The normalized spacial score (nSPS) is 41.6. The third kappa shape index (κ3) is 2.23. The lowest BCUT2D eigenvalue weighted by atomic mass is 10.1. The van der Waals surface area contributed by atoms with Crippen LogP contribution in [-0.2, 0) is 4.74 Å². The summed E-state index contributed by atoms with van der Waals surface area (Å²) in [7, 11) is 0. The molecule has 0 aliphatic carbocycles. The van der Waals surface area contributed by atoms with Gasteiger partial charge in [0.15, 0.2) is 11.0 Å². The maximum absolute atomic E-state index is 14.5. The molecule has 4 atom stereocenters. The first-order chi connectivity index (χ1) is 9.84. The number of nitrogens with one attached hydrogen (secondary N) is 1. The topological polar surface area (TPSA) is 108 Å². The van der Waals surface area contributed by atoms with Crippen LogP contribution in [0.25, 0.3) is 0 Å². The summed E-state index contributed by atoms with van der Waals surface area (Å²) in [5.74, 6) is -3.77. The van der Waals surface area contributed by atoms with Crippen LogP contribution in [0.15, 0.2) is 11.0 Å². The maximum Gasteiger partial charge on any atom is 0.263 e. The van der Waals surface area contributed by atoms with Crippen LogP contribution >= 0.6 is 12.2 Å². The van der Waals surface area contributed by atoms with E-state index in [1.54, 1.807) is 0 Å². The molecule has 1 aliphatic rings. The van der Waals surface area contributed by atoms with Gasteiger partial charge in [0.25, 0.3) is 11.4 Å². The van der Waals surface area contributed by atoms with E-state index < -0.39 is 41.2 Å². The van der Waals surface area contributed by atoms with Crippen LogP contribution in [0.5, 0.6) is 0 Å². The number of rotatable bonds is 2. The van der Waals surface area contributed by atoms with E-state index in [-0.39, 0.29) is 5.56 Å². The molecule has 1 saturated heterocycles. The quantitative estimate of drug-likeness (QED) is 0.528. The molecule has 1 fully saturated rings. The molecule has 0 unspecified atom stereocenters. The molecule has 1 aromatic rings. The molecule has 0 bridgehead atoms. The Morgan fingerprint density at radius 1 is 1.79 bits per heavy atom. The molecule has 7 nitrogen and oxygen atoms in total. The summed E-state index contributed by atoms with van der Waals surface area (Å²) in [6, 6.07) is 0. The lowest BCUT2D eigenvalue weighted by molar-refractivity contribution is -0.207. The van der Waals surface area contributed by atoms with Crippen molar-refractivity contribution in [3.05, 3.63) is 26.9 Å². The van der Waals surface area contributed by atoms with Gasteiger partial charge in [-0.05, 0) is 19.1 Å². The van der Waals surface area contributed by atoms with E-state index in [0.29, 0.717) is 4.57 Å². The maximum atomic E-state index is 14.5. The van der Waals surface area contributed by atoms with Gasteiger partial charge in [-0.25, -0.2) is 4.39 Å². The van der Waals surface area contributed by atoms with Gasteiger partial charge < -0.3 is 20.1 Å². The molecule has 1 aliphatic heterocycles. The van der Waals surface area contributed by atoms with Crippen molar-refractivity contribution in [3.63, 3.8) is 0 Å². The van der Waals surface area contributed by atoms with E-state index in [1.807, 2.05) is 0 Å². The number of hydrogen-bond acceptors (Lipinski definition) is 6. The van der Waals surface area contributed by atoms with Crippen molar-refractivity contribution in [1.82, 2.24) is 9.55 Å². The van der Waals surface area contributed by atoms with E-state index in [9.17, 15) is 24.5 Å². The van der Waals surface area contributed by atoms with E-state index >= 15 is 0 Å². The number of ether oxygens (including phenoxy) is 1. The van der Waals surface area contributed by atoms with E-state index in [4.69, 9.17) is 16.3 Å². The first kappa shape index (κ1) is 10.6. The largest absolute Gasteiger partial charge is 0.390 e. The fourth-order valence-electron chi connectivity index (χ4n) is 1.62. The van der Waals surface area contributed by atoms with Crippen LogP contribution in [0.4, 0.5) is 4.39 Å². The smallest absolute Gasteiger partial charge is 0.263 e. The minimum atomic E-state index is -3.77. The van der Waals surface area contributed by atoms with Crippen LogP contribution in [0.2, 0.25) is 0 Å². The number of aliphatic hydroxyl groups excluding tert-OH is 2. The molecule has 19 heavy (non-hydrogen) atoms. The highest BCUT2D eigenvalue weighted by Crippen LogP contribution is 2.37. The predicted octanol–water partition coefficient (Wildman–Crippen LogP) is -0.877. The summed E-state index contributed by atoms with van der Waals surface area (Å²) in [5, 5.41) is 28.8. The Labute approximate surface area is 116 Å². The fraction of sp³-hybridized carbons (Fsp3) is 0.600. The van der Waals surface area contributed by atoms with Gasteiger partial charge in [0.1, 0.15) is 18.8 Å². The summed E-state index contributed by atoms with van der Waals surface area (Å²) in [5.41, 5.74) is -0.532. The SMILES string of the molecule is [2H]C([2H])(O)[C@@]1(F)O[C@@]([2H])(n2cc(C)c(=O)[nH]c2=S)[C@H](O)[C@@H]1O. The van der Waals surface area contributed by atoms with Gasteiger partial charge in [-0.1, -0.05) is 0 Å². The minimum Gasteiger partial charge on any atom is -0.390 e. The van der Waals surface area contributed by atoms with Crippen LogP contribution in [0.1, 0.15) is 15.9 Å². The summed E-state index contributed by atoms with van der Waals surface area (Å²) >= 11 is 4.80. The zero-order valence-electron chi connectivity index (χ0n) is 12.6. The molecule has 0 saturated carbocycles. The molecule has 106 valence electrons. The number of alkyl halides is 1. The van der Waals surface area contributed by atoms with Crippen molar-refractivity contribution >= 4 is 12.2 Å². The lowest BCUT2D eigenvalue weighted by Gasteiger charge is -2.20. The second kappa shape index (κ2) is 4.76. The van der Waals surface area contributed by atoms with Crippen LogP contribution in [0.3, 0.4) is 0 Å². The predicted molar refractivity (Wildman–Crippen MR) is 63.7 cm³/mol. The molecular weight excluding hydrogens is 279 g/mol. The number of aromatic nitrogens is 2. The second-order valence-corrected chi connectivity index (χ2v) is 4.41. The number of aliphatic hydroxyl groups is 3. The standard InChI is InChI=1S/C10H13FN2O5S/c1-4-2-13(9(19)12-7(4)17)8-5(15)6(16)10(11,3-14)18-8/h2,5-6,8,14-16H,3H2,1H3,(H,12,17,19)/t5-,6+,8-,10-/m1/s1/i3D2,8D. The molecule has 0 amide bonds. The number of aromatic amines is 1. The van der Waals surface area contributed by atoms with E-state index in [2.05, 4.69) is 9.72 Å². The highest BCUT2D eigenvalue weighted by Gasteiger charge is 2.55. The Bertz CT molecular complexity index is 722. The van der Waals surface area contributed by atoms with E-state index in [0.717, 1.165) is 6.20 Å². The van der Waals surface area contributed by atoms with Gasteiger partial charge in [-0.2, -0.15) is 0 Å². The lowest BCUT2D eigenvalue weighted by Crippen LogP contribution is -2.42. The van der Waals surface area contributed by atoms with Crippen LogP contribution in [0, 0.1) is 11.7 Å². The van der Waals surface area contributed by atoms with Gasteiger partial charge in [0, 0.05) is 11.8 Å². The summed E-state index contributed by atoms with van der Waals surface area (Å²) in [4.78, 5) is 13.6. The number of H-pyrrole nitrogens is 1. The van der Waals surface area contributed by atoms with Gasteiger partial charge in [0.2, 0.25) is 0 Å². The number of halogens is 1. The summed E-state index contributed by atoms with van der Waals surface area (Å²) < 4.78 is 41.2. The Hall–Kier alpha value is -1.13. The van der Waals surface area contributed by atoms with Gasteiger partial charge in [-0.3, -0.25) is 14.3 Å². The van der Waals surface area contributed by atoms with Crippen LogP contribution < -0.4 is 5.56 Å². The highest BCUT2D eigenvalue weighted by molar-refractivity contribution is 7.71. The molecule has 9 heteroatoms. The second-order valence-electron chi connectivity index (χ2n) is 4.03. The number of hydrogen-bond donors (Lipinski definition) is 4. The first-order valence-electron chi connectivity index (χ1n) is 6.65. The number of aryl methyl sites for hydroxylation is 1. The van der Waals surface area contributed by atoms with Crippen molar-refractivity contribution in [2.75, 3.05) is 6.56 Å². The monoisotopic (exact) mass is 295 g/mol. The minimum absolute atomic E-state index is 0.0499. The zero-order chi connectivity index (χ0) is 17.1. The molecule has 2 rings (SSSR count). The van der Waals surface area contributed by atoms with Gasteiger partial charge >= 0.3 is 0 Å². The van der Waals surface area contributed by atoms with Crippen molar-refractivity contribution in [1.29, 1.82) is 0 Å². The average Bonchev–Trinajstić information content (AvgIpc) is 2.56. The fourth-order valence-corrected chi connectivity index (χ4v) is 1.86. The molecule has 0 aromatic carbocycles. The van der Waals surface area contributed by atoms with Crippen molar-refractivity contribution in [2.45, 2.75) is 31.2 Å². The zero-order valence-corrected chi connectivity index (χ0v) is 10.4. The van der Waals surface area contributed by atoms with E-state index in [1.165, 1.54) is 6.92 Å². The first-order valence-corrected chi connectivity index (χ1v) is 5.56. The molecule has 0 radical (unpaired) electrons. The third-order valence-corrected chi connectivity index (χ3v) is 2.99. The highest BCUT2D eigenvalue weighted by atomic mass is 32.1. The average molecular weight is 295 g/mol. The number of nitrogens with zero attached hydrogens (tertiary/aromatic N) is 1. The van der Waals surface area contributed by atoms with Crippen molar-refractivity contribution in [2.24, 2.45) is 0 Å². The van der Waals surface area contributed by atoms with Gasteiger partial charge in [-0.15, -0.1) is 0 Å². The van der Waals surface area contributed by atoms with Crippen LogP contribution in [-0.4, -0.2) is 49.5 Å². The molecule has 2 heterocycles. The Morgan fingerprint density at radius 3 is 2.95 bits per heavy atom. The summed E-state index contributed by atoms with van der Waals surface area (Å²) in [6.07, 6.45) is -6.67. The third-order valence-electron chi connectivity index (χ3n) is 2.70. The summed E-state index contributed by atoms with van der Waals surface area (Å²) in [6.45, 7) is -2.35.